The van der Waals surface area contributed by atoms with Crippen molar-refractivity contribution in [2.45, 2.75) is 18.9 Å². The Bertz CT molecular complexity index is 99.1. The predicted molar refractivity (Wildman–Crippen MR) is 35.2 cm³/mol. The first-order valence-electron chi connectivity index (χ1n) is 3.30. The molecule has 52 valence electrons. The lowest BCUT2D eigenvalue weighted by atomic mass is 10.2. The molecular weight excluding hydrogens is 116 g/mol. The summed E-state index contributed by atoms with van der Waals surface area (Å²) < 4.78 is 5.09. The summed E-state index contributed by atoms with van der Waals surface area (Å²) >= 11 is 0. The summed E-state index contributed by atoms with van der Waals surface area (Å²) in [4.78, 5) is 0. The van der Waals surface area contributed by atoms with Crippen LogP contribution in [-0.4, -0.2) is 24.4 Å². The monoisotopic (exact) mass is 128 g/mol. The highest BCUT2D eigenvalue weighted by Crippen LogP contribution is 2.00. The minimum atomic E-state index is -0.290. The van der Waals surface area contributed by atoms with Crippen LogP contribution in [0.15, 0.2) is 12.2 Å². The van der Waals surface area contributed by atoms with Gasteiger partial charge in [0.05, 0.1) is 19.3 Å². The summed E-state index contributed by atoms with van der Waals surface area (Å²) in [7, 11) is 0. The number of rotatable bonds is 0. The number of hydrogen-bond acceptors (Lipinski definition) is 2. The molecular formula is C7H12O2. The zero-order valence-corrected chi connectivity index (χ0v) is 5.42. The Hall–Kier alpha value is -0.340. The van der Waals surface area contributed by atoms with Crippen LogP contribution in [0, 0.1) is 0 Å². The molecule has 1 rings (SSSR count). The molecule has 0 saturated carbocycles. The molecule has 0 fully saturated rings. The summed E-state index contributed by atoms with van der Waals surface area (Å²) in [6, 6.07) is 0. The molecule has 1 aliphatic heterocycles. The van der Waals surface area contributed by atoms with Gasteiger partial charge in [0, 0.05) is 0 Å². The Balaban J connectivity index is 2.28. The van der Waals surface area contributed by atoms with Crippen LogP contribution in [-0.2, 0) is 4.74 Å². The van der Waals surface area contributed by atoms with E-state index >= 15 is 0 Å². The van der Waals surface area contributed by atoms with E-state index in [0.29, 0.717) is 6.61 Å². The Morgan fingerprint density at radius 2 is 2.33 bits per heavy atom. The highest BCUT2D eigenvalue weighted by atomic mass is 16.5. The maximum absolute atomic E-state index is 9.04. The molecule has 0 aliphatic carbocycles. The number of ether oxygens (including phenoxy) is 1. The van der Waals surface area contributed by atoms with Gasteiger partial charge in [-0.3, -0.25) is 0 Å². The van der Waals surface area contributed by atoms with E-state index in [9.17, 15) is 0 Å². The van der Waals surface area contributed by atoms with Crippen molar-refractivity contribution in [1.29, 1.82) is 0 Å². The SMILES string of the molecule is O[C@@H]1CC=CCCOC1. The van der Waals surface area contributed by atoms with Crippen molar-refractivity contribution < 1.29 is 9.84 Å². The van der Waals surface area contributed by atoms with Crippen LogP contribution < -0.4 is 0 Å². The first kappa shape index (κ1) is 6.78. The zero-order valence-electron chi connectivity index (χ0n) is 5.42. The maximum Gasteiger partial charge on any atom is 0.0807 e. The number of aliphatic hydroxyl groups is 1. The van der Waals surface area contributed by atoms with E-state index in [0.717, 1.165) is 19.4 Å². The summed E-state index contributed by atoms with van der Waals surface area (Å²) in [6.07, 6.45) is 5.48. The average Bonchev–Trinajstić information content (AvgIpc) is 1.79. The molecule has 1 N–H and O–H groups in total. The summed E-state index contributed by atoms with van der Waals surface area (Å²) in [6.45, 7) is 1.23. The lowest BCUT2D eigenvalue weighted by molar-refractivity contribution is 0.0377. The van der Waals surface area contributed by atoms with Gasteiger partial charge in [0.2, 0.25) is 0 Å². The normalized spacial score (nSPS) is 29.2. The second kappa shape index (κ2) is 3.64. The molecule has 0 radical (unpaired) electrons. The molecule has 0 amide bonds. The molecule has 0 saturated heterocycles. The molecule has 0 aromatic rings. The van der Waals surface area contributed by atoms with Crippen LogP contribution in [0.25, 0.3) is 0 Å². The molecule has 0 aromatic heterocycles. The van der Waals surface area contributed by atoms with Gasteiger partial charge in [-0.05, 0) is 12.8 Å². The van der Waals surface area contributed by atoms with Gasteiger partial charge in [0.25, 0.3) is 0 Å². The van der Waals surface area contributed by atoms with Crippen molar-refractivity contribution in [1.82, 2.24) is 0 Å². The molecule has 1 heterocycles. The fourth-order valence-electron chi connectivity index (χ4n) is 0.810. The van der Waals surface area contributed by atoms with Crippen LogP contribution in [0.5, 0.6) is 0 Å². The zero-order chi connectivity index (χ0) is 6.53. The van der Waals surface area contributed by atoms with Crippen molar-refractivity contribution in [3.63, 3.8) is 0 Å². The Morgan fingerprint density at radius 3 is 3.22 bits per heavy atom. The van der Waals surface area contributed by atoms with Gasteiger partial charge in [0.15, 0.2) is 0 Å². The minimum Gasteiger partial charge on any atom is -0.390 e. The molecule has 2 nitrogen and oxygen atoms in total. The first-order valence-corrected chi connectivity index (χ1v) is 3.30. The third-order valence-electron chi connectivity index (χ3n) is 1.31. The minimum absolute atomic E-state index is 0.290. The van der Waals surface area contributed by atoms with Crippen LogP contribution in [0.3, 0.4) is 0 Å². The Kier molecular flexibility index (Phi) is 2.74. The van der Waals surface area contributed by atoms with E-state index in [4.69, 9.17) is 9.84 Å². The van der Waals surface area contributed by atoms with Gasteiger partial charge in [0.1, 0.15) is 0 Å². The van der Waals surface area contributed by atoms with E-state index in [1.54, 1.807) is 0 Å². The summed E-state index contributed by atoms with van der Waals surface area (Å²) in [5.41, 5.74) is 0. The van der Waals surface area contributed by atoms with Crippen molar-refractivity contribution in [3.8, 4) is 0 Å². The largest absolute Gasteiger partial charge is 0.390 e. The lowest BCUT2D eigenvalue weighted by Crippen LogP contribution is -2.15. The van der Waals surface area contributed by atoms with Crippen molar-refractivity contribution in [2.75, 3.05) is 13.2 Å². The molecule has 0 bridgehead atoms. The highest BCUT2D eigenvalue weighted by Gasteiger charge is 2.02. The first-order chi connectivity index (χ1) is 4.39. The number of hydrogen-bond donors (Lipinski definition) is 1. The summed E-state index contributed by atoms with van der Waals surface area (Å²) in [5, 5.41) is 9.04. The van der Waals surface area contributed by atoms with Crippen LogP contribution >= 0.6 is 0 Å². The van der Waals surface area contributed by atoms with Crippen molar-refractivity contribution in [2.24, 2.45) is 0 Å². The molecule has 0 unspecified atom stereocenters. The average molecular weight is 128 g/mol. The maximum atomic E-state index is 9.04. The standard InChI is InChI=1S/C7H12O2/c8-7-4-2-1-3-5-9-6-7/h1-2,7-8H,3-6H2/t7-/m1/s1. The van der Waals surface area contributed by atoms with E-state index < -0.39 is 0 Å². The van der Waals surface area contributed by atoms with Crippen LogP contribution in [0.2, 0.25) is 0 Å². The molecule has 1 aliphatic rings. The van der Waals surface area contributed by atoms with Gasteiger partial charge >= 0.3 is 0 Å². The van der Waals surface area contributed by atoms with Gasteiger partial charge in [-0.15, -0.1) is 0 Å². The van der Waals surface area contributed by atoms with E-state index in [2.05, 4.69) is 0 Å². The Labute approximate surface area is 55.1 Å². The second-order valence-corrected chi connectivity index (χ2v) is 2.22. The molecule has 1 atom stereocenters. The fourth-order valence-corrected chi connectivity index (χ4v) is 0.810. The van der Waals surface area contributed by atoms with Gasteiger partial charge < -0.3 is 9.84 Å². The third kappa shape index (κ3) is 2.63. The van der Waals surface area contributed by atoms with E-state index in [1.165, 1.54) is 0 Å². The molecule has 9 heavy (non-hydrogen) atoms. The fraction of sp³-hybridized carbons (Fsp3) is 0.714. The van der Waals surface area contributed by atoms with Gasteiger partial charge in [-0.1, -0.05) is 12.2 Å². The van der Waals surface area contributed by atoms with Gasteiger partial charge in [-0.25, -0.2) is 0 Å². The molecule has 2 heteroatoms. The molecule has 0 spiro atoms. The highest BCUT2D eigenvalue weighted by molar-refractivity contribution is 4.85. The van der Waals surface area contributed by atoms with Gasteiger partial charge in [-0.2, -0.15) is 0 Å². The topological polar surface area (TPSA) is 29.5 Å². The predicted octanol–water partition coefficient (Wildman–Crippen LogP) is 0.714. The van der Waals surface area contributed by atoms with Crippen molar-refractivity contribution >= 4 is 0 Å². The quantitative estimate of drug-likeness (QED) is 0.487. The number of aliphatic hydroxyl groups excluding tert-OH is 1. The second-order valence-electron chi connectivity index (χ2n) is 2.22. The van der Waals surface area contributed by atoms with E-state index in [1.807, 2.05) is 12.2 Å². The smallest absolute Gasteiger partial charge is 0.0807 e. The van der Waals surface area contributed by atoms with Crippen LogP contribution in [0.1, 0.15) is 12.8 Å². The lowest BCUT2D eigenvalue weighted by Gasteiger charge is -2.10. The Morgan fingerprint density at radius 1 is 1.44 bits per heavy atom. The van der Waals surface area contributed by atoms with Crippen LogP contribution in [0.4, 0.5) is 0 Å². The summed E-state index contributed by atoms with van der Waals surface area (Å²) in [5.74, 6) is 0. The molecule has 0 aromatic carbocycles. The van der Waals surface area contributed by atoms with E-state index in [-0.39, 0.29) is 6.10 Å². The van der Waals surface area contributed by atoms with Crippen molar-refractivity contribution in [3.05, 3.63) is 12.2 Å². The third-order valence-corrected chi connectivity index (χ3v) is 1.31.